The summed E-state index contributed by atoms with van der Waals surface area (Å²) in [6, 6.07) is 24.6. The lowest BCUT2D eigenvalue weighted by Gasteiger charge is -2.18. The molecule has 126 valence electrons. The summed E-state index contributed by atoms with van der Waals surface area (Å²) in [6.45, 7) is 6.92. The Balaban J connectivity index is 1.81. The molecule has 1 heteroatoms. The van der Waals surface area contributed by atoms with Gasteiger partial charge in [-0.25, -0.2) is 0 Å². The van der Waals surface area contributed by atoms with Crippen molar-refractivity contribution < 1.29 is 0 Å². The van der Waals surface area contributed by atoms with Crippen molar-refractivity contribution in [2.45, 2.75) is 33.6 Å². The number of fused-ring (bicyclic) bond motifs is 3. The summed E-state index contributed by atoms with van der Waals surface area (Å²) in [7, 11) is 0. The highest BCUT2D eigenvalue weighted by molar-refractivity contribution is 7.26. The van der Waals surface area contributed by atoms with Gasteiger partial charge in [0.1, 0.15) is 0 Å². The average molecular weight is 345 g/mol. The Morgan fingerprint density at radius 1 is 0.760 bits per heavy atom. The monoisotopic (exact) mass is 344 g/mol. The van der Waals surface area contributed by atoms with Crippen LogP contribution in [0.4, 0.5) is 0 Å². The normalized spacial score (nSPS) is 12.1. The van der Waals surface area contributed by atoms with Crippen molar-refractivity contribution in [1.82, 2.24) is 0 Å². The van der Waals surface area contributed by atoms with Gasteiger partial charge in [-0.1, -0.05) is 75.4 Å². The van der Waals surface area contributed by atoms with Gasteiger partial charge in [-0.2, -0.15) is 0 Å². The SMILES string of the molecule is CC(C)(C)Cc1ccc2sc3c(Cc4ccccc4)cccc3c2c1. The molecule has 0 spiro atoms. The van der Waals surface area contributed by atoms with Gasteiger partial charge in [0.2, 0.25) is 0 Å². The standard InChI is InChI=1S/C24H24S/c1-24(2,3)16-18-12-13-22-21(15-18)20-11-7-10-19(23(20)25-22)14-17-8-5-4-6-9-17/h4-13,15H,14,16H2,1-3H3. The number of thiophene rings is 1. The molecule has 0 unspecified atom stereocenters. The minimum absolute atomic E-state index is 0.317. The number of rotatable bonds is 3. The molecule has 0 saturated carbocycles. The van der Waals surface area contributed by atoms with Crippen LogP contribution >= 0.6 is 11.3 Å². The first-order chi connectivity index (χ1) is 12.0. The molecular weight excluding hydrogens is 320 g/mol. The molecule has 0 radical (unpaired) electrons. The van der Waals surface area contributed by atoms with Crippen molar-refractivity contribution in [3.8, 4) is 0 Å². The summed E-state index contributed by atoms with van der Waals surface area (Å²) in [5.41, 5.74) is 4.56. The largest absolute Gasteiger partial charge is 0.135 e. The maximum absolute atomic E-state index is 2.41. The van der Waals surface area contributed by atoms with Crippen molar-refractivity contribution in [3.05, 3.63) is 83.4 Å². The number of benzene rings is 3. The maximum Gasteiger partial charge on any atom is 0.0390 e. The van der Waals surface area contributed by atoms with Gasteiger partial charge in [0.15, 0.2) is 0 Å². The van der Waals surface area contributed by atoms with E-state index >= 15 is 0 Å². The van der Waals surface area contributed by atoms with Crippen molar-refractivity contribution in [2.24, 2.45) is 5.41 Å². The Bertz CT molecular complexity index is 1020. The Hall–Kier alpha value is -2.12. The van der Waals surface area contributed by atoms with Crippen molar-refractivity contribution in [3.63, 3.8) is 0 Å². The van der Waals surface area contributed by atoms with Crippen LogP contribution in [0.1, 0.15) is 37.5 Å². The molecule has 3 aromatic carbocycles. The van der Waals surface area contributed by atoms with Crippen LogP contribution < -0.4 is 0 Å². The lowest BCUT2D eigenvalue weighted by molar-refractivity contribution is 0.411. The van der Waals surface area contributed by atoms with E-state index in [2.05, 4.69) is 87.5 Å². The molecule has 0 fully saturated rings. The highest BCUT2D eigenvalue weighted by Gasteiger charge is 2.14. The van der Waals surface area contributed by atoms with Gasteiger partial charge in [0.25, 0.3) is 0 Å². The number of hydrogen-bond acceptors (Lipinski definition) is 1. The molecular formula is C24H24S. The van der Waals surface area contributed by atoms with E-state index in [-0.39, 0.29) is 0 Å². The Kier molecular flexibility index (Phi) is 4.13. The smallest absolute Gasteiger partial charge is 0.0390 e. The van der Waals surface area contributed by atoms with Gasteiger partial charge < -0.3 is 0 Å². The second-order valence-electron chi connectivity index (χ2n) is 8.13. The van der Waals surface area contributed by atoms with Crippen molar-refractivity contribution in [2.75, 3.05) is 0 Å². The molecule has 0 amide bonds. The quantitative estimate of drug-likeness (QED) is 0.367. The van der Waals surface area contributed by atoms with Gasteiger partial charge >= 0.3 is 0 Å². The van der Waals surface area contributed by atoms with E-state index in [9.17, 15) is 0 Å². The third-order valence-corrected chi connectivity index (χ3v) is 5.88. The molecule has 0 aliphatic heterocycles. The zero-order valence-corrected chi connectivity index (χ0v) is 16.0. The maximum atomic E-state index is 2.41. The summed E-state index contributed by atoms with van der Waals surface area (Å²) < 4.78 is 2.84. The molecule has 25 heavy (non-hydrogen) atoms. The molecule has 1 aromatic heterocycles. The molecule has 4 aromatic rings. The van der Waals surface area contributed by atoms with E-state index in [0.717, 1.165) is 12.8 Å². The van der Waals surface area contributed by atoms with Gasteiger partial charge in [-0.15, -0.1) is 11.3 Å². The molecule has 0 saturated heterocycles. The third-order valence-electron chi connectivity index (χ3n) is 4.61. The van der Waals surface area contributed by atoms with Crippen LogP contribution in [-0.2, 0) is 12.8 Å². The van der Waals surface area contributed by atoms with Gasteiger partial charge in [-0.3, -0.25) is 0 Å². The molecule has 0 aliphatic rings. The van der Waals surface area contributed by atoms with Crippen LogP contribution in [0, 0.1) is 5.41 Å². The van der Waals surface area contributed by atoms with Gasteiger partial charge in [0, 0.05) is 20.2 Å². The van der Waals surface area contributed by atoms with E-state index in [1.54, 1.807) is 0 Å². The highest BCUT2D eigenvalue weighted by atomic mass is 32.1. The Morgan fingerprint density at radius 2 is 1.56 bits per heavy atom. The van der Waals surface area contributed by atoms with E-state index in [1.807, 2.05) is 11.3 Å². The predicted molar refractivity (Wildman–Crippen MR) is 112 cm³/mol. The van der Waals surface area contributed by atoms with Gasteiger partial charge in [-0.05, 0) is 47.1 Å². The molecule has 0 atom stereocenters. The fourth-order valence-electron chi connectivity index (χ4n) is 3.58. The fourth-order valence-corrected chi connectivity index (χ4v) is 4.78. The van der Waals surface area contributed by atoms with Crippen molar-refractivity contribution >= 4 is 31.5 Å². The van der Waals surface area contributed by atoms with E-state index in [1.165, 1.54) is 36.9 Å². The fraction of sp³-hybridized carbons (Fsp3) is 0.250. The van der Waals surface area contributed by atoms with Gasteiger partial charge in [0.05, 0.1) is 0 Å². The number of hydrogen-bond donors (Lipinski definition) is 0. The summed E-state index contributed by atoms with van der Waals surface area (Å²) in [6.07, 6.45) is 2.11. The van der Waals surface area contributed by atoms with E-state index in [4.69, 9.17) is 0 Å². The lowest BCUT2D eigenvalue weighted by atomic mass is 9.88. The highest BCUT2D eigenvalue weighted by Crippen LogP contribution is 2.37. The average Bonchev–Trinajstić information content (AvgIpc) is 2.94. The van der Waals surface area contributed by atoms with Crippen LogP contribution in [0.5, 0.6) is 0 Å². The molecule has 0 aliphatic carbocycles. The third kappa shape index (κ3) is 3.48. The molecule has 4 rings (SSSR count). The van der Waals surface area contributed by atoms with Crippen LogP contribution in [-0.4, -0.2) is 0 Å². The minimum Gasteiger partial charge on any atom is -0.135 e. The van der Waals surface area contributed by atoms with Crippen LogP contribution in [0.25, 0.3) is 20.2 Å². The predicted octanol–water partition coefficient (Wildman–Crippen LogP) is 7.23. The second kappa shape index (κ2) is 6.31. The van der Waals surface area contributed by atoms with E-state index in [0.29, 0.717) is 5.41 Å². The second-order valence-corrected chi connectivity index (χ2v) is 9.18. The first kappa shape index (κ1) is 16.4. The Morgan fingerprint density at radius 3 is 2.32 bits per heavy atom. The molecule has 1 heterocycles. The van der Waals surface area contributed by atoms with Crippen LogP contribution in [0.2, 0.25) is 0 Å². The minimum atomic E-state index is 0.317. The summed E-state index contributed by atoms with van der Waals surface area (Å²) in [5, 5.41) is 2.82. The first-order valence-electron chi connectivity index (χ1n) is 8.97. The zero-order chi connectivity index (χ0) is 17.4. The van der Waals surface area contributed by atoms with Crippen LogP contribution in [0.3, 0.4) is 0 Å². The Labute approximate surface area is 154 Å². The first-order valence-corrected chi connectivity index (χ1v) is 9.78. The summed E-state index contributed by atoms with van der Waals surface area (Å²) in [5.74, 6) is 0. The van der Waals surface area contributed by atoms with Crippen molar-refractivity contribution in [1.29, 1.82) is 0 Å². The molecule has 0 nitrogen and oxygen atoms in total. The molecule has 0 bridgehead atoms. The van der Waals surface area contributed by atoms with E-state index < -0.39 is 0 Å². The molecule has 0 N–H and O–H groups in total. The summed E-state index contributed by atoms with van der Waals surface area (Å²) >= 11 is 1.93. The zero-order valence-electron chi connectivity index (χ0n) is 15.2. The van der Waals surface area contributed by atoms with Crippen LogP contribution in [0.15, 0.2) is 66.7 Å². The lowest BCUT2D eigenvalue weighted by Crippen LogP contribution is -2.08. The summed E-state index contributed by atoms with van der Waals surface area (Å²) in [4.78, 5) is 0. The topological polar surface area (TPSA) is 0 Å².